The normalized spacial score (nSPS) is 11.4. The molecular weight excluding hydrogens is 244 g/mol. The number of carbonyl (C=O) groups excluding carboxylic acids is 2. The lowest BCUT2D eigenvalue weighted by Crippen LogP contribution is -2.18. The molecule has 0 amide bonds. The summed E-state index contributed by atoms with van der Waals surface area (Å²) in [5.41, 5.74) is 0. The molecule has 0 rings (SSSR count). The standard InChI is InChI=1S/C15H24O4/c1-4-7-8-10-13(19-15(17)6-3)11-9-12-18-14(16)5-2/h5-6,13H,2-4,7-12H2,1H3. The van der Waals surface area contributed by atoms with Crippen LogP contribution in [0.5, 0.6) is 0 Å². The summed E-state index contributed by atoms with van der Waals surface area (Å²) in [5.74, 6) is -0.824. The molecule has 0 aliphatic heterocycles. The first-order chi connectivity index (χ1) is 9.13. The summed E-state index contributed by atoms with van der Waals surface area (Å²) in [7, 11) is 0. The van der Waals surface area contributed by atoms with Gasteiger partial charge in [-0.05, 0) is 25.7 Å². The highest BCUT2D eigenvalue weighted by atomic mass is 16.5. The van der Waals surface area contributed by atoms with E-state index in [4.69, 9.17) is 9.47 Å². The summed E-state index contributed by atoms with van der Waals surface area (Å²) in [4.78, 5) is 22.1. The van der Waals surface area contributed by atoms with Gasteiger partial charge in [0.05, 0.1) is 6.61 Å². The van der Waals surface area contributed by atoms with Crippen LogP contribution >= 0.6 is 0 Å². The van der Waals surface area contributed by atoms with Crippen LogP contribution in [-0.4, -0.2) is 24.6 Å². The third-order valence-electron chi connectivity index (χ3n) is 2.66. The molecule has 1 unspecified atom stereocenters. The molecule has 0 aromatic carbocycles. The largest absolute Gasteiger partial charge is 0.463 e. The number of hydrogen-bond donors (Lipinski definition) is 0. The van der Waals surface area contributed by atoms with Crippen LogP contribution in [-0.2, 0) is 19.1 Å². The smallest absolute Gasteiger partial charge is 0.330 e. The molecule has 1 atom stereocenters. The van der Waals surface area contributed by atoms with Gasteiger partial charge in [-0.25, -0.2) is 9.59 Å². The first kappa shape index (κ1) is 17.4. The number of rotatable bonds is 11. The van der Waals surface area contributed by atoms with Crippen molar-refractivity contribution in [2.45, 2.75) is 51.6 Å². The van der Waals surface area contributed by atoms with Crippen molar-refractivity contribution in [3.8, 4) is 0 Å². The summed E-state index contributed by atoms with van der Waals surface area (Å²) >= 11 is 0. The molecule has 19 heavy (non-hydrogen) atoms. The second-order valence-corrected chi connectivity index (χ2v) is 4.27. The van der Waals surface area contributed by atoms with Crippen molar-refractivity contribution in [2.75, 3.05) is 6.61 Å². The van der Waals surface area contributed by atoms with Gasteiger partial charge in [0.25, 0.3) is 0 Å². The second-order valence-electron chi connectivity index (χ2n) is 4.27. The predicted octanol–water partition coefficient (Wildman–Crippen LogP) is 3.17. The first-order valence-corrected chi connectivity index (χ1v) is 6.76. The molecule has 0 saturated heterocycles. The third-order valence-corrected chi connectivity index (χ3v) is 2.66. The minimum absolute atomic E-state index is 0.125. The topological polar surface area (TPSA) is 52.6 Å². The van der Waals surface area contributed by atoms with Crippen LogP contribution in [0.15, 0.2) is 25.3 Å². The van der Waals surface area contributed by atoms with E-state index < -0.39 is 11.9 Å². The van der Waals surface area contributed by atoms with Gasteiger partial charge in [0, 0.05) is 12.2 Å². The van der Waals surface area contributed by atoms with E-state index in [0.717, 1.165) is 31.8 Å². The van der Waals surface area contributed by atoms with Crippen molar-refractivity contribution in [2.24, 2.45) is 0 Å². The Morgan fingerprint density at radius 2 is 1.68 bits per heavy atom. The molecule has 4 heteroatoms. The molecule has 108 valence electrons. The Kier molecular flexibility index (Phi) is 10.6. The zero-order valence-electron chi connectivity index (χ0n) is 11.7. The molecule has 0 aliphatic carbocycles. The highest BCUT2D eigenvalue weighted by Gasteiger charge is 2.12. The Balaban J connectivity index is 3.95. The Labute approximate surface area is 115 Å². The monoisotopic (exact) mass is 268 g/mol. The number of carbonyl (C=O) groups is 2. The van der Waals surface area contributed by atoms with Crippen LogP contribution in [0.3, 0.4) is 0 Å². The SMILES string of the molecule is C=CC(=O)OCCCC(CCCCC)OC(=O)C=C. The molecule has 0 bridgehead atoms. The van der Waals surface area contributed by atoms with Gasteiger partial charge >= 0.3 is 11.9 Å². The number of ether oxygens (including phenoxy) is 2. The molecule has 0 heterocycles. The maximum absolute atomic E-state index is 11.2. The summed E-state index contributed by atoms with van der Waals surface area (Å²) < 4.78 is 10.1. The van der Waals surface area contributed by atoms with E-state index in [1.807, 2.05) is 0 Å². The summed E-state index contributed by atoms with van der Waals surface area (Å²) in [6, 6.07) is 0. The summed E-state index contributed by atoms with van der Waals surface area (Å²) in [5, 5.41) is 0. The second kappa shape index (κ2) is 11.5. The van der Waals surface area contributed by atoms with Crippen molar-refractivity contribution in [1.29, 1.82) is 0 Å². The quantitative estimate of drug-likeness (QED) is 0.328. The fraction of sp³-hybridized carbons (Fsp3) is 0.600. The van der Waals surface area contributed by atoms with Gasteiger partial charge in [-0.3, -0.25) is 0 Å². The van der Waals surface area contributed by atoms with Crippen molar-refractivity contribution < 1.29 is 19.1 Å². The average Bonchev–Trinajstić information content (AvgIpc) is 2.42. The van der Waals surface area contributed by atoms with Crippen LogP contribution in [0.25, 0.3) is 0 Å². The van der Waals surface area contributed by atoms with E-state index in [9.17, 15) is 9.59 Å². The Morgan fingerprint density at radius 3 is 2.26 bits per heavy atom. The van der Waals surface area contributed by atoms with E-state index in [2.05, 4.69) is 20.1 Å². The molecule has 0 aromatic rings. The zero-order chi connectivity index (χ0) is 14.5. The zero-order valence-corrected chi connectivity index (χ0v) is 11.7. The molecular formula is C15H24O4. The van der Waals surface area contributed by atoms with Crippen LogP contribution in [0, 0.1) is 0 Å². The maximum atomic E-state index is 11.2. The van der Waals surface area contributed by atoms with Crippen LogP contribution in [0.2, 0.25) is 0 Å². The molecule has 0 N–H and O–H groups in total. The Bertz CT molecular complexity index is 297. The highest BCUT2D eigenvalue weighted by Crippen LogP contribution is 2.13. The van der Waals surface area contributed by atoms with Crippen molar-refractivity contribution in [1.82, 2.24) is 0 Å². The van der Waals surface area contributed by atoms with Gasteiger partial charge in [-0.2, -0.15) is 0 Å². The molecule has 0 saturated carbocycles. The minimum atomic E-state index is -0.425. The van der Waals surface area contributed by atoms with Crippen molar-refractivity contribution in [3.05, 3.63) is 25.3 Å². The van der Waals surface area contributed by atoms with E-state index in [1.54, 1.807) is 0 Å². The van der Waals surface area contributed by atoms with Gasteiger partial charge in [0.1, 0.15) is 6.10 Å². The molecule has 4 nitrogen and oxygen atoms in total. The van der Waals surface area contributed by atoms with Gasteiger partial charge in [-0.15, -0.1) is 0 Å². The average molecular weight is 268 g/mol. The lowest BCUT2D eigenvalue weighted by Gasteiger charge is -2.16. The van der Waals surface area contributed by atoms with Gasteiger partial charge in [0.2, 0.25) is 0 Å². The fourth-order valence-corrected chi connectivity index (χ4v) is 1.64. The van der Waals surface area contributed by atoms with Crippen molar-refractivity contribution >= 4 is 11.9 Å². The molecule has 0 fully saturated rings. The third kappa shape index (κ3) is 10.1. The summed E-state index contributed by atoms with van der Waals surface area (Å²) in [6.45, 7) is 9.15. The maximum Gasteiger partial charge on any atom is 0.330 e. The molecule has 0 spiro atoms. The molecule has 0 aromatic heterocycles. The number of hydrogen-bond acceptors (Lipinski definition) is 4. The van der Waals surface area contributed by atoms with E-state index in [0.29, 0.717) is 19.4 Å². The van der Waals surface area contributed by atoms with Crippen LogP contribution < -0.4 is 0 Å². The lowest BCUT2D eigenvalue weighted by molar-refractivity contribution is -0.145. The molecule has 0 radical (unpaired) electrons. The fourth-order valence-electron chi connectivity index (χ4n) is 1.64. The molecule has 0 aliphatic rings. The lowest BCUT2D eigenvalue weighted by atomic mass is 10.1. The van der Waals surface area contributed by atoms with E-state index in [1.165, 1.54) is 6.08 Å². The Morgan fingerprint density at radius 1 is 1.05 bits per heavy atom. The van der Waals surface area contributed by atoms with E-state index >= 15 is 0 Å². The van der Waals surface area contributed by atoms with Gasteiger partial charge in [0.15, 0.2) is 0 Å². The minimum Gasteiger partial charge on any atom is -0.463 e. The van der Waals surface area contributed by atoms with Crippen LogP contribution in [0.1, 0.15) is 45.4 Å². The first-order valence-electron chi connectivity index (χ1n) is 6.76. The van der Waals surface area contributed by atoms with Crippen molar-refractivity contribution in [3.63, 3.8) is 0 Å². The van der Waals surface area contributed by atoms with E-state index in [-0.39, 0.29) is 6.10 Å². The highest BCUT2D eigenvalue weighted by molar-refractivity contribution is 5.81. The predicted molar refractivity (Wildman–Crippen MR) is 74.6 cm³/mol. The summed E-state index contributed by atoms with van der Waals surface area (Å²) in [6.07, 6.45) is 7.64. The number of esters is 2. The van der Waals surface area contributed by atoms with Gasteiger partial charge < -0.3 is 9.47 Å². The Hall–Kier alpha value is -1.58. The van der Waals surface area contributed by atoms with Gasteiger partial charge in [-0.1, -0.05) is 32.9 Å². The van der Waals surface area contributed by atoms with Crippen LogP contribution in [0.4, 0.5) is 0 Å². The number of unbranched alkanes of at least 4 members (excludes halogenated alkanes) is 2.